The Morgan fingerprint density at radius 3 is 2.79 bits per heavy atom. The predicted molar refractivity (Wildman–Crippen MR) is 123 cm³/mol. The Bertz CT molecular complexity index is 921. The van der Waals surface area contributed by atoms with Crippen LogP contribution in [-0.2, 0) is 0 Å². The lowest BCUT2D eigenvalue weighted by Gasteiger charge is -2.30. The van der Waals surface area contributed by atoms with Crippen molar-refractivity contribution in [3.8, 4) is 5.75 Å². The Kier molecular flexibility index (Phi) is 7.82. The molecule has 0 spiro atoms. The van der Waals surface area contributed by atoms with Gasteiger partial charge in [0, 0.05) is 31.1 Å². The molecule has 33 heavy (non-hydrogen) atoms. The van der Waals surface area contributed by atoms with Crippen molar-refractivity contribution in [2.45, 2.75) is 57.5 Å². The Morgan fingerprint density at radius 1 is 1.30 bits per heavy atom. The van der Waals surface area contributed by atoms with Crippen molar-refractivity contribution in [2.75, 3.05) is 37.7 Å². The molecule has 2 fully saturated rings. The highest BCUT2D eigenvalue weighted by atomic mass is 16.5. The number of aryl methyl sites for hydroxylation is 1. The van der Waals surface area contributed by atoms with Gasteiger partial charge in [-0.2, -0.15) is 4.98 Å². The molecule has 2 aliphatic rings. The molecule has 0 unspecified atom stereocenters. The Balaban J connectivity index is 1.14. The van der Waals surface area contributed by atoms with E-state index >= 15 is 0 Å². The fourth-order valence-corrected chi connectivity index (χ4v) is 4.19. The fourth-order valence-electron chi connectivity index (χ4n) is 4.19. The molecular formula is C24H34N4O5. The molecule has 1 amide bonds. The number of hydrogen-bond donors (Lipinski definition) is 3. The molecular weight excluding hydrogens is 424 g/mol. The normalized spacial score (nSPS) is 17.7. The van der Waals surface area contributed by atoms with Gasteiger partial charge in [0.15, 0.2) is 5.82 Å². The number of aliphatic hydroxyl groups is 2. The van der Waals surface area contributed by atoms with Crippen molar-refractivity contribution < 1.29 is 24.3 Å². The van der Waals surface area contributed by atoms with Crippen LogP contribution < -0.4 is 15.0 Å². The van der Waals surface area contributed by atoms with E-state index in [2.05, 4.69) is 20.4 Å². The van der Waals surface area contributed by atoms with Gasteiger partial charge in [-0.3, -0.25) is 4.79 Å². The highest BCUT2D eigenvalue weighted by molar-refractivity contribution is 5.95. The second-order valence-electron chi connectivity index (χ2n) is 9.15. The molecule has 1 saturated heterocycles. The third kappa shape index (κ3) is 6.45. The molecule has 9 nitrogen and oxygen atoms in total. The van der Waals surface area contributed by atoms with E-state index in [1.54, 1.807) is 12.1 Å². The summed E-state index contributed by atoms with van der Waals surface area (Å²) in [5.41, 5.74) is 1.34. The van der Waals surface area contributed by atoms with Crippen molar-refractivity contribution >= 4 is 11.9 Å². The second kappa shape index (κ2) is 11.0. The number of piperidine rings is 1. The average Bonchev–Trinajstić information content (AvgIpc) is 3.57. The number of amides is 1. The van der Waals surface area contributed by atoms with E-state index in [-0.39, 0.29) is 19.1 Å². The molecule has 0 bridgehead atoms. The van der Waals surface area contributed by atoms with E-state index in [1.165, 1.54) is 12.8 Å². The minimum absolute atomic E-state index is 0.0162. The van der Waals surface area contributed by atoms with Gasteiger partial charge in [0.25, 0.3) is 5.91 Å². The minimum atomic E-state index is -0.955. The highest BCUT2D eigenvalue weighted by Gasteiger charge is 2.30. The van der Waals surface area contributed by atoms with E-state index in [1.807, 2.05) is 13.0 Å². The van der Waals surface area contributed by atoms with Gasteiger partial charge in [-0.05, 0) is 75.1 Å². The van der Waals surface area contributed by atoms with Crippen LogP contribution in [0.25, 0.3) is 0 Å². The zero-order chi connectivity index (χ0) is 23.2. The molecule has 180 valence electrons. The van der Waals surface area contributed by atoms with Gasteiger partial charge in [0.2, 0.25) is 0 Å². The summed E-state index contributed by atoms with van der Waals surface area (Å²) >= 11 is 0. The molecule has 1 saturated carbocycles. The van der Waals surface area contributed by atoms with Crippen LogP contribution in [-0.4, -0.2) is 65.2 Å². The lowest BCUT2D eigenvalue weighted by Crippen LogP contribution is -2.34. The Morgan fingerprint density at radius 2 is 2.09 bits per heavy atom. The minimum Gasteiger partial charge on any atom is -0.494 e. The lowest BCUT2D eigenvalue weighted by molar-refractivity contribution is 0.0801. The molecule has 3 N–H and O–H groups in total. The first kappa shape index (κ1) is 23.5. The van der Waals surface area contributed by atoms with Crippen LogP contribution in [0.4, 0.5) is 6.01 Å². The van der Waals surface area contributed by atoms with Gasteiger partial charge in [0.1, 0.15) is 5.75 Å². The number of benzene rings is 1. The van der Waals surface area contributed by atoms with Crippen molar-refractivity contribution in [2.24, 2.45) is 5.92 Å². The van der Waals surface area contributed by atoms with Crippen LogP contribution >= 0.6 is 0 Å². The monoisotopic (exact) mass is 458 g/mol. The third-order valence-corrected chi connectivity index (χ3v) is 6.44. The third-order valence-electron chi connectivity index (χ3n) is 6.44. The first-order valence-electron chi connectivity index (χ1n) is 11.9. The van der Waals surface area contributed by atoms with Gasteiger partial charge < -0.3 is 29.7 Å². The Labute approximate surface area is 194 Å². The number of hydrogen-bond acceptors (Lipinski definition) is 8. The summed E-state index contributed by atoms with van der Waals surface area (Å²) in [7, 11) is 0. The maximum Gasteiger partial charge on any atom is 0.324 e. The number of ether oxygens (including phenoxy) is 1. The van der Waals surface area contributed by atoms with Crippen molar-refractivity contribution in [1.82, 2.24) is 15.5 Å². The standard InChI is InChI=1S/C24H34N4O5/c1-16-13-20(6-7-21(16)23(31)25-14-19(30)15-29)32-12-2-3-17-8-10-28(11-9-17)24-26-22(27-33-24)18-4-5-18/h6-7,13,17-19,29-30H,2-5,8-12,14-15H2,1H3,(H,25,31)/t19-/m0/s1. The van der Waals surface area contributed by atoms with Crippen LogP contribution in [0.2, 0.25) is 0 Å². The number of carbonyl (C=O) groups is 1. The zero-order valence-corrected chi connectivity index (χ0v) is 19.2. The number of rotatable bonds is 11. The van der Waals surface area contributed by atoms with E-state index in [4.69, 9.17) is 14.4 Å². The molecule has 1 atom stereocenters. The number of nitrogens with zero attached hydrogens (tertiary/aromatic N) is 3. The molecule has 1 aliphatic heterocycles. The van der Waals surface area contributed by atoms with E-state index in [9.17, 15) is 9.90 Å². The number of carbonyl (C=O) groups excluding carboxylic acids is 1. The van der Waals surface area contributed by atoms with Crippen molar-refractivity contribution in [3.05, 3.63) is 35.2 Å². The summed E-state index contributed by atoms with van der Waals surface area (Å²) in [6.45, 7) is 4.04. The molecule has 1 aliphatic carbocycles. The van der Waals surface area contributed by atoms with Crippen LogP contribution in [0, 0.1) is 12.8 Å². The Hall–Kier alpha value is -2.65. The van der Waals surface area contributed by atoms with Gasteiger partial charge in [-0.25, -0.2) is 0 Å². The molecule has 4 rings (SSSR count). The number of anilines is 1. The van der Waals surface area contributed by atoms with Crippen molar-refractivity contribution in [3.63, 3.8) is 0 Å². The van der Waals surface area contributed by atoms with Gasteiger partial charge in [-0.15, -0.1) is 0 Å². The maximum absolute atomic E-state index is 12.2. The number of aliphatic hydroxyl groups excluding tert-OH is 2. The second-order valence-corrected chi connectivity index (χ2v) is 9.15. The number of aromatic nitrogens is 2. The molecule has 2 heterocycles. The van der Waals surface area contributed by atoms with Crippen LogP contribution in [0.5, 0.6) is 5.75 Å². The molecule has 0 radical (unpaired) electrons. The van der Waals surface area contributed by atoms with E-state index < -0.39 is 6.10 Å². The summed E-state index contributed by atoms with van der Waals surface area (Å²) in [5.74, 6) is 2.54. The van der Waals surface area contributed by atoms with Crippen LogP contribution in [0.3, 0.4) is 0 Å². The smallest absolute Gasteiger partial charge is 0.324 e. The van der Waals surface area contributed by atoms with Crippen molar-refractivity contribution in [1.29, 1.82) is 0 Å². The summed E-state index contributed by atoms with van der Waals surface area (Å²) in [5, 5.41) is 24.9. The fraction of sp³-hybridized carbons (Fsp3) is 0.625. The maximum atomic E-state index is 12.2. The first-order chi connectivity index (χ1) is 16.0. The van der Waals surface area contributed by atoms with Gasteiger partial charge in [-0.1, -0.05) is 5.16 Å². The molecule has 1 aromatic carbocycles. The van der Waals surface area contributed by atoms with E-state index in [0.29, 0.717) is 30.0 Å². The van der Waals surface area contributed by atoms with Gasteiger partial charge in [0.05, 0.1) is 19.3 Å². The predicted octanol–water partition coefficient (Wildman–Crippen LogP) is 2.41. The summed E-state index contributed by atoms with van der Waals surface area (Å²) < 4.78 is 11.3. The molecule has 2 aromatic rings. The largest absolute Gasteiger partial charge is 0.494 e. The summed E-state index contributed by atoms with van der Waals surface area (Å²) in [6, 6.07) is 6.06. The van der Waals surface area contributed by atoms with Crippen LogP contribution in [0.1, 0.15) is 66.2 Å². The number of nitrogens with one attached hydrogen (secondary N) is 1. The summed E-state index contributed by atoms with van der Waals surface area (Å²) in [4.78, 5) is 19.0. The first-order valence-corrected chi connectivity index (χ1v) is 11.9. The van der Waals surface area contributed by atoms with Gasteiger partial charge >= 0.3 is 6.01 Å². The zero-order valence-electron chi connectivity index (χ0n) is 19.2. The highest BCUT2D eigenvalue weighted by Crippen LogP contribution is 2.39. The van der Waals surface area contributed by atoms with E-state index in [0.717, 1.165) is 55.9 Å². The summed E-state index contributed by atoms with van der Waals surface area (Å²) in [6.07, 6.45) is 5.75. The SMILES string of the molecule is Cc1cc(OCCCC2CCN(c3nc(C4CC4)no3)CC2)ccc1C(=O)NC[C@H](O)CO. The lowest BCUT2D eigenvalue weighted by atomic mass is 9.92. The average molecular weight is 459 g/mol. The van der Waals surface area contributed by atoms with Crippen LogP contribution in [0.15, 0.2) is 22.7 Å². The quantitative estimate of drug-likeness (QED) is 0.439. The molecule has 1 aromatic heterocycles. The molecule has 9 heteroatoms. The topological polar surface area (TPSA) is 121 Å².